The van der Waals surface area contributed by atoms with Crippen molar-refractivity contribution < 1.29 is 23.0 Å². The fourth-order valence-corrected chi connectivity index (χ4v) is 3.31. The number of rotatable bonds is 6. The van der Waals surface area contributed by atoms with E-state index in [9.17, 15) is 13.6 Å². The summed E-state index contributed by atoms with van der Waals surface area (Å²) >= 11 is 7.27. The molecule has 27 heavy (non-hydrogen) atoms. The van der Waals surface area contributed by atoms with Crippen LogP contribution in [0.4, 0.5) is 14.5 Å². The van der Waals surface area contributed by atoms with E-state index in [-0.39, 0.29) is 18.3 Å². The molecule has 1 aromatic heterocycles. The summed E-state index contributed by atoms with van der Waals surface area (Å²) in [5, 5.41) is 4.86. The molecule has 2 aromatic carbocycles. The van der Waals surface area contributed by atoms with Crippen LogP contribution in [0.1, 0.15) is 15.2 Å². The third-order valence-electron chi connectivity index (χ3n) is 3.58. The maximum Gasteiger partial charge on any atom is 0.265 e. The number of carbonyl (C=O) groups is 1. The van der Waals surface area contributed by atoms with Gasteiger partial charge in [0.15, 0.2) is 11.6 Å². The number of benzene rings is 2. The second-order valence-corrected chi connectivity index (χ2v) is 6.80. The number of hydrogen-bond donors (Lipinski definition) is 1. The van der Waals surface area contributed by atoms with Gasteiger partial charge in [0, 0.05) is 17.3 Å². The molecule has 0 aliphatic carbocycles. The van der Waals surface area contributed by atoms with Crippen molar-refractivity contribution in [3.8, 4) is 11.5 Å². The molecule has 0 aliphatic rings. The van der Waals surface area contributed by atoms with E-state index in [1.165, 1.54) is 24.5 Å². The average molecular weight is 410 g/mol. The second-order valence-electron chi connectivity index (χ2n) is 5.49. The molecule has 0 unspecified atom stereocenters. The molecule has 140 valence electrons. The van der Waals surface area contributed by atoms with E-state index < -0.39 is 11.6 Å². The van der Waals surface area contributed by atoms with Crippen LogP contribution in [-0.2, 0) is 6.61 Å². The summed E-state index contributed by atoms with van der Waals surface area (Å²) in [4.78, 5) is 12.8. The van der Waals surface area contributed by atoms with Gasteiger partial charge in [0.25, 0.3) is 5.91 Å². The van der Waals surface area contributed by atoms with Crippen molar-refractivity contribution in [2.75, 3.05) is 12.4 Å². The lowest BCUT2D eigenvalue weighted by molar-refractivity contribution is 0.103. The highest BCUT2D eigenvalue weighted by Crippen LogP contribution is 2.28. The van der Waals surface area contributed by atoms with E-state index in [1.807, 2.05) is 0 Å². The van der Waals surface area contributed by atoms with Gasteiger partial charge in [0.05, 0.1) is 17.0 Å². The predicted octanol–water partition coefficient (Wildman–Crippen LogP) is 5.52. The van der Waals surface area contributed by atoms with E-state index in [0.717, 1.165) is 12.1 Å². The Morgan fingerprint density at radius 3 is 2.63 bits per heavy atom. The van der Waals surface area contributed by atoms with Crippen LogP contribution in [0, 0.1) is 11.6 Å². The highest BCUT2D eigenvalue weighted by molar-refractivity contribution is 7.12. The van der Waals surface area contributed by atoms with Gasteiger partial charge in [-0.05, 0) is 41.8 Å². The first-order chi connectivity index (χ1) is 13.0. The molecule has 8 heteroatoms. The van der Waals surface area contributed by atoms with Crippen molar-refractivity contribution in [3.63, 3.8) is 0 Å². The van der Waals surface area contributed by atoms with Crippen LogP contribution in [0.5, 0.6) is 11.5 Å². The minimum atomic E-state index is -0.778. The summed E-state index contributed by atoms with van der Waals surface area (Å²) in [5.74, 6) is -1.30. The highest BCUT2D eigenvalue weighted by Gasteiger charge is 2.12. The number of halogens is 3. The standard InChI is InChI=1S/C19H14ClF2NO3S/c1-25-16-5-3-13(8-14(16)20)23-19(24)18-6-11(10-27-18)9-26-17-4-2-12(21)7-15(17)22/h2-8,10H,9H2,1H3,(H,23,24). The van der Waals surface area contributed by atoms with Crippen molar-refractivity contribution >= 4 is 34.5 Å². The first kappa shape index (κ1) is 19.1. The van der Waals surface area contributed by atoms with Crippen LogP contribution in [-0.4, -0.2) is 13.0 Å². The largest absolute Gasteiger partial charge is 0.495 e. The van der Waals surface area contributed by atoms with Crippen molar-refractivity contribution in [2.45, 2.75) is 6.61 Å². The molecule has 0 atom stereocenters. The summed E-state index contributed by atoms with van der Waals surface area (Å²) in [6.45, 7) is 0.0562. The first-order valence-corrected chi connectivity index (χ1v) is 9.02. The average Bonchev–Trinajstić information content (AvgIpc) is 3.10. The zero-order valence-corrected chi connectivity index (χ0v) is 15.7. The molecule has 0 bridgehead atoms. The lowest BCUT2D eigenvalue weighted by atomic mass is 10.2. The lowest BCUT2D eigenvalue weighted by Crippen LogP contribution is -2.10. The number of anilines is 1. The van der Waals surface area contributed by atoms with Gasteiger partial charge >= 0.3 is 0 Å². The summed E-state index contributed by atoms with van der Waals surface area (Å²) in [5.41, 5.74) is 1.23. The molecule has 0 saturated heterocycles. The molecule has 1 amide bonds. The molecule has 0 spiro atoms. The van der Waals surface area contributed by atoms with Gasteiger partial charge in [-0.25, -0.2) is 8.78 Å². The third-order valence-corrected chi connectivity index (χ3v) is 4.85. The molecule has 0 aliphatic heterocycles. The van der Waals surface area contributed by atoms with Gasteiger partial charge in [-0.3, -0.25) is 4.79 Å². The fourth-order valence-electron chi connectivity index (χ4n) is 2.26. The summed E-state index contributed by atoms with van der Waals surface area (Å²) in [6, 6.07) is 9.66. The number of methoxy groups -OCH3 is 1. The van der Waals surface area contributed by atoms with Gasteiger partial charge in [-0.15, -0.1) is 11.3 Å². The number of nitrogens with one attached hydrogen (secondary N) is 1. The van der Waals surface area contributed by atoms with Crippen LogP contribution in [0.15, 0.2) is 47.8 Å². The van der Waals surface area contributed by atoms with Gasteiger partial charge in [-0.1, -0.05) is 11.6 Å². The lowest BCUT2D eigenvalue weighted by Gasteiger charge is -2.07. The van der Waals surface area contributed by atoms with Crippen LogP contribution < -0.4 is 14.8 Å². The molecule has 0 radical (unpaired) electrons. The number of carbonyl (C=O) groups excluding carboxylic acids is 1. The summed E-state index contributed by atoms with van der Waals surface area (Å²) in [7, 11) is 1.51. The Labute approximate surface area is 163 Å². The quantitative estimate of drug-likeness (QED) is 0.583. The van der Waals surface area contributed by atoms with Gasteiger partial charge < -0.3 is 14.8 Å². The third kappa shape index (κ3) is 4.75. The monoisotopic (exact) mass is 409 g/mol. The van der Waals surface area contributed by atoms with Gasteiger partial charge in [0.1, 0.15) is 18.2 Å². The fraction of sp³-hybridized carbons (Fsp3) is 0.105. The Bertz CT molecular complexity index is 977. The van der Waals surface area contributed by atoms with Crippen LogP contribution in [0.25, 0.3) is 0 Å². The number of thiophene rings is 1. The van der Waals surface area contributed by atoms with Crippen LogP contribution in [0.3, 0.4) is 0 Å². The van der Waals surface area contributed by atoms with Gasteiger partial charge in [-0.2, -0.15) is 0 Å². The zero-order valence-electron chi connectivity index (χ0n) is 14.1. The Morgan fingerprint density at radius 2 is 1.93 bits per heavy atom. The number of ether oxygens (including phenoxy) is 2. The Hall–Kier alpha value is -2.64. The molecule has 3 rings (SSSR count). The number of amides is 1. The molecule has 4 nitrogen and oxygen atoms in total. The highest BCUT2D eigenvalue weighted by atomic mass is 35.5. The summed E-state index contributed by atoms with van der Waals surface area (Å²) < 4.78 is 36.9. The van der Waals surface area contributed by atoms with E-state index in [2.05, 4.69) is 5.32 Å². The normalized spacial score (nSPS) is 10.5. The first-order valence-electron chi connectivity index (χ1n) is 7.76. The Morgan fingerprint density at radius 1 is 1.15 bits per heavy atom. The minimum absolute atomic E-state index is 0.0542. The van der Waals surface area contributed by atoms with Crippen molar-refractivity contribution in [3.05, 3.63) is 74.9 Å². The second kappa shape index (κ2) is 8.37. The molecular formula is C19H14ClF2NO3S. The van der Waals surface area contributed by atoms with E-state index in [4.69, 9.17) is 21.1 Å². The van der Waals surface area contributed by atoms with Crippen molar-refractivity contribution in [2.24, 2.45) is 0 Å². The maximum absolute atomic E-state index is 13.6. The van der Waals surface area contributed by atoms with Crippen LogP contribution in [0.2, 0.25) is 5.02 Å². The number of hydrogen-bond acceptors (Lipinski definition) is 4. The molecule has 0 fully saturated rings. The summed E-state index contributed by atoms with van der Waals surface area (Å²) in [6.07, 6.45) is 0. The Balaban J connectivity index is 1.62. The van der Waals surface area contributed by atoms with Crippen molar-refractivity contribution in [1.82, 2.24) is 0 Å². The molecule has 0 saturated carbocycles. The topological polar surface area (TPSA) is 47.6 Å². The molecule has 1 N–H and O–H groups in total. The molecular weight excluding hydrogens is 396 g/mol. The molecule has 1 heterocycles. The van der Waals surface area contributed by atoms with Crippen LogP contribution >= 0.6 is 22.9 Å². The minimum Gasteiger partial charge on any atom is -0.495 e. The van der Waals surface area contributed by atoms with E-state index in [0.29, 0.717) is 26.9 Å². The Kier molecular flexibility index (Phi) is 5.93. The van der Waals surface area contributed by atoms with Gasteiger partial charge in [0.2, 0.25) is 0 Å². The predicted molar refractivity (Wildman–Crippen MR) is 101 cm³/mol. The van der Waals surface area contributed by atoms with E-state index in [1.54, 1.807) is 29.6 Å². The van der Waals surface area contributed by atoms with Crippen molar-refractivity contribution in [1.29, 1.82) is 0 Å². The van der Waals surface area contributed by atoms with E-state index >= 15 is 0 Å². The smallest absolute Gasteiger partial charge is 0.265 e. The molecule has 3 aromatic rings. The zero-order chi connectivity index (χ0) is 19.4. The maximum atomic E-state index is 13.6. The SMILES string of the molecule is COc1ccc(NC(=O)c2cc(COc3ccc(F)cc3F)cs2)cc1Cl.